The van der Waals surface area contributed by atoms with Gasteiger partial charge in [0, 0.05) is 6.04 Å². The minimum atomic E-state index is -0.0950. The number of nitrogens with one attached hydrogen (secondary N) is 1. The molecule has 1 aliphatic carbocycles. The standard InChI is InChI=1S/C15H29NO/c1-2-12-9-10-16-14(11-12)15(17)13-7-5-3-4-6-8-13/h12-17H,2-11H2,1H3. The largest absolute Gasteiger partial charge is 0.391 e. The SMILES string of the molecule is CCC1CCNC(C(O)C2CCCCCC2)C1. The van der Waals surface area contributed by atoms with Crippen molar-refractivity contribution in [3.05, 3.63) is 0 Å². The maximum atomic E-state index is 10.6. The number of rotatable bonds is 3. The van der Waals surface area contributed by atoms with E-state index in [4.69, 9.17) is 0 Å². The quantitative estimate of drug-likeness (QED) is 0.742. The molecule has 2 aliphatic rings. The second kappa shape index (κ2) is 6.75. The topological polar surface area (TPSA) is 32.3 Å². The van der Waals surface area contributed by atoms with Crippen LogP contribution in [0.1, 0.15) is 64.7 Å². The van der Waals surface area contributed by atoms with Gasteiger partial charge in [0.25, 0.3) is 0 Å². The maximum Gasteiger partial charge on any atom is 0.0721 e. The van der Waals surface area contributed by atoms with Crippen molar-refractivity contribution in [3.63, 3.8) is 0 Å². The molecule has 3 atom stereocenters. The molecule has 0 aromatic rings. The number of hydrogen-bond donors (Lipinski definition) is 2. The smallest absolute Gasteiger partial charge is 0.0721 e. The minimum Gasteiger partial charge on any atom is -0.391 e. The first-order valence-corrected chi connectivity index (χ1v) is 7.72. The lowest BCUT2D eigenvalue weighted by molar-refractivity contribution is 0.0416. The van der Waals surface area contributed by atoms with Gasteiger partial charge in [-0.15, -0.1) is 0 Å². The van der Waals surface area contributed by atoms with Gasteiger partial charge in [0.1, 0.15) is 0 Å². The van der Waals surface area contributed by atoms with Gasteiger partial charge in [0.05, 0.1) is 6.10 Å². The molecule has 0 aromatic heterocycles. The van der Waals surface area contributed by atoms with Crippen molar-refractivity contribution in [2.24, 2.45) is 11.8 Å². The molecule has 3 unspecified atom stereocenters. The summed E-state index contributed by atoms with van der Waals surface area (Å²) in [4.78, 5) is 0. The molecule has 0 radical (unpaired) electrons. The van der Waals surface area contributed by atoms with Crippen LogP contribution in [0.3, 0.4) is 0 Å². The Hall–Kier alpha value is -0.0800. The molecule has 2 N–H and O–H groups in total. The van der Waals surface area contributed by atoms with Crippen LogP contribution in [0.2, 0.25) is 0 Å². The number of hydrogen-bond acceptors (Lipinski definition) is 2. The summed E-state index contributed by atoms with van der Waals surface area (Å²) < 4.78 is 0. The molecule has 0 aromatic carbocycles. The Kier molecular flexibility index (Phi) is 5.30. The fraction of sp³-hybridized carbons (Fsp3) is 1.00. The third kappa shape index (κ3) is 3.69. The predicted octanol–water partition coefficient (Wildman–Crippen LogP) is 3.10. The van der Waals surface area contributed by atoms with Crippen molar-refractivity contribution in [2.45, 2.75) is 76.9 Å². The van der Waals surface area contributed by atoms with Crippen LogP contribution < -0.4 is 5.32 Å². The summed E-state index contributed by atoms with van der Waals surface area (Å²) in [7, 11) is 0. The molecule has 2 nitrogen and oxygen atoms in total. The molecule has 0 bridgehead atoms. The Morgan fingerprint density at radius 3 is 2.47 bits per heavy atom. The van der Waals surface area contributed by atoms with E-state index in [1.165, 1.54) is 57.8 Å². The monoisotopic (exact) mass is 239 g/mol. The van der Waals surface area contributed by atoms with Crippen LogP contribution in [0.15, 0.2) is 0 Å². The molecule has 0 amide bonds. The molecule has 2 heteroatoms. The average Bonchev–Trinajstić information content (AvgIpc) is 2.67. The highest BCUT2D eigenvalue weighted by molar-refractivity contribution is 4.87. The number of piperidine rings is 1. The van der Waals surface area contributed by atoms with Crippen LogP contribution in [0.25, 0.3) is 0 Å². The summed E-state index contributed by atoms with van der Waals surface area (Å²) in [5, 5.41) is 14.1. The number of aliphatic hydroxyl groups excluding tert-OH is 1. The summed E-state index contributed by atoms with van der Waals surface area (Å²) in [6.07, 6.45) is 11.6. The van der Waals surface area contributed by atoms with Crippen molar-refractivity contribution in [1.82, 2.24) is 5.32 Å². The van der Waals surface area contributed by atoms with Crippen LogP contribution in [-0.2, 0) is 0 Å². The van der Waals surface area contributed by atoms with E-state index in [0.717, 1.165) is 12.5 Å². The highest BCUT2D eigenvalue weighted by Crippen LogP contribution is 2.30. The van der Waals surface area contributed by atoms with E-state index in [-0.39, 0.29) is 6.10 Å². The normalized spacial score (nSPS) is 34.2. The lowest BCUT2D eigenvalue weighted by Crippen LogP contribution is -2.48. The lowest BCUT2D eigenvalue weighted by atomic mass is 9.82. The molecule has 2 rings (SSSR count). The van der Waals surface area contributed by atoms with Crippen LogP contribution in [0.5, 0.6) is 0 Å². The van der Waals surface area contributed by atoms with Gasteiger partial charge in [0.2, 0.25) is 0 Å². The zero-order valence-electron chi connectivity index (χ0n) is 11.3. The van der Waals surface area contributed by atoms with Gasteiger partial charge in [-0.1, -0.05) is 39.0 Å². The van der Waals surface area contributed by atoms with Crippen LogP contribution in [-0.4, -0.2) is 23.8 Å². The van der Waals surface area contributed by atoms with Crippen LogP contribution >= 0.6 is 0 Å². The van der Waals surface area contributed by atoms with Crippen molar-refractivity contribution in [2.75, 3.05) is 6.54 Å². The summed E-state index contributed by atoms with van der Waals surface area (Å²) in [5.41, 5.74) is 0. The Morgan fingerprint density at radius 2 is 1.82 bits per heavy atom. The van der Waals surface area contributed by atoms with Crippen molar-refractivity contribution in [1.29, 1.82) is 0 Å². The molecule has 2 fully saturated rings. The van der Waals surface area contributed by atoms with E-state index < -0.39 is 0 Å². The second-order valence-corrected chi connectivity index (χ2v) is 6.10. The van der Waals surface area contributed by atoms with Gasteiger partial charge < -0.3 is 10.4 Å². The van der Waals surface area contributed by atoms with E-state index in [2.05, 4.69) is 12.2 Å². The Balaban J connectivity index is 1.86. The Labute approximate surface area is 106 Å². The molecule has 17 heavy (non-hydrogen) atoms. The summed E-state index contributed by atoms with van der Waals surface area (Å²) >= 11 is 0. The van der Waals surface area contributed by atoms with Gasteiger partial charge >= 0.3 is 0 Å². The molecule has 0 spiro atoms. The number of aliphatic hydroxyl groups is 1. The van der Waals surface area contributed by atoms with Gasteiger partial charge in [-0.2, -0.15) is 0 Å². The fourth-order valence-electron chi connectivity index (χ4n) is 3.65. The molecular weight excluding hydrogens is 210 g/mol. The zero-order chi connectivity index (χ0) is 12.1. The van der Waals surface area contributed by atoms with Crippen molar-refractivity contribution in [3.8, 4) is 0 Å². The van der Waals surface area contributed by atoms with E-state index in [0.29, 0.717) is 12.0 Å². The highest BCUT2D eigenvalue weighted by Gasteiger charge is 2.31. The van der Waals surface area contributed by atoms with Crippen molar-refractivity contribution >= 4 is 0 Å². The van der Waals surface area contributed by atoms with Crippen LogP contribution in [0.4, 0.5) is 0 Å². The first kappa shape index (κ1) is 13.4. The molecule has 1 aliphatic heterocycles. The van der Waals surface area contributed by atoms with Gasteiger partial charge in [-0.25, -0.2) is 0 Å². The third-order valence-corrected chi connectivity index (χ3v) is 4.92. The first-order valence-electron chi connectivity index (χ1n) is 7.72. The molecule has 100 valence electrons. The van der Waals surface area contributed by atoms with Gasteiger partial charge in [-0.05, 0) is 44.1 Å². The van der Waals surface area contributed by atoms with Gasteiger partial charge in [0.15, 0.2) is 0 Å². The second-order valence-electron chi connectivity index (χ2n) is 6.10. The van der Waals surface area contributed by atoms with E-state index in [1.807, 2.05) is 0 Å². The maximum absolute atomic E-state index is 10.6. The fourth-order valence-corrected chi connectivity index (χ4v) is 3.65. The van der Waals surface area contributed by atoms with E-state index in [9.17, 15) is 5.11 Å². The lowest BCUT2D eigenvalue weighted by Gasteiger charge is -2.36. The van der Waals surface area contributed by atoms with Crippen LogP contribution in [0, 0.1) is 11.8 Å². The molecule has 1 saturated heterocycles. The molecule has 1 heterocycles. The highest BCUT2D eigenvalue weighted by atomic mass is 16.3. The first-order chi connectivity index (χ1) is 8.31. The van der Waals surface area contributed by atoms with Gasteiger partial charge in [-0.3, -0.25) is 0 Å². The van der Waals surface area contributed by atoms with E-state index >= 15 is 0 Å². The molecule has 1 saturated carbocycles. The van der Waals surface area contributed by atoms with Crippen molar-refractivity contribution < 1.29 is 5.11 Å². The Bertz CT molecular complexity index is 211. The summed E-state index contributed by atoms with van der Waals surface area (Å²) in [6.45, 7) is 3.39. The predicted molar refractivity (Wildman–Crippen MR) is 72.0 cm³/mol. The zero-order valence-corrected chi connectivity index (χ0v) is 11.3. The summed E-state index contributed by atoms with van der Waals surface area (Å²) in [5.74, 6) is 1.40. The minimum absolute atomic E-state index is 0.0950. The molecular formula is C15H29NO. The Morgan fingerprint density at radius 1 is 1.12 bits per heavy atom. The van der Waals surface area contributed by atoms with E-state index in [1.54, 1.807) is 0 Å². The third-order valence-electron chi connectivity index (χ3n) is 4.92. The average molecular weight is 239 g/mol. The summed E-state index contributed by atoms with van der Waals surface area (Å²) in [6, 6.07) is 0.372.